The maximum absolute atomic E-state index is 11.3. The van der Waals surface area contributed by atoms with E-state index >= 15 is 0 Å². The van der Waals surface area contributed by atoms with E-state index in [1.54, 1.807) is 14.0 Å². The van der Waals surface area contributed by atoms with Crippen molar-refractivity contribution in [3.63, 3.8) is 0 Å². The minimum absolute atomic E-state index is 0.0426. The van der Waals surface area contributed by atoms with Crippen molar-refractivity contribution in [3.05, 3.63) is 45.1 Å². The van der Waals surface area contributed by atoms with Crippen LogP contribution in [0, 0.1) is 30.9 Å². The average Bonchev–Trinajstić information content (AvgIpc) is 2.40. The number of benzene rings is 1. The Labute approximate surface area is 127 Å². The standard InChI is InChI=1S/C14H16N4O2S/c1-8-5-6-11(9(2)7-8)21-13-12(18(19)20)10(3)16-14(15-4)17-13/h5-7H,1-4H3,(H,15,16,17). The Hall–Kier alpha value is -2.15. The number of anilines is 1. The molecule has 0 unspecified atom stereocenters. The quantitative estimate of drug-likeness (QED) is 0.529. The van der Waals surface area contributed by atoms with Crippen LogP contribution in [-0.4, -0.2) is 21.9 Å². The van der Waals surface area contributed by atoms with Crippen LogP contribution < -0.4 is 5.32 Å². The molecule has 0 radical (unpaired) electrons. The molecule has 0 aliphatic carbocycles. The molecule has 2 rings (SSSR count). The second-order valence-corrected chi connectivity index (χ2v) is 5.70. The van der Waals surface area contributed by atoms with Gasteiger partial charge in [0.05, 0.1) is 4.92 Å². The predicted octanol–water partition coefficient (Wildman–Crippen LogP) is 3.50. The van der Waals surface area contributed by atoms with Gasteiger partial charge in [-0.3, -0.25) is 10.1 Å². The van der Waals surface area contributed by atoms with Crippen LogP contribution in [0.2, 0.25) is 0 Å². The van der Waals surface area contributed by atoms with Crippen molar-refractivity contribution in [2.75, 3.05) is 12.4 Å². The predicted molar refractivity (Wildman–Crippen MR) is 83.0 cm³/mol. The molecule has 6 nitrogen and oxygen atoms in total. The smallest absolute Gasteiger partial charge is 0.322 e. The second kappa shape index (κ2) is 6.09. The normalized spacial score (nSPS) is 10.5. The van der Waals surface area contributed by atoms with Crippen LogP contribution in [0.5, 0.6) is 0 Å². The summed E-state index contributed by atoms with van der Waals surface area (Å²) in [4.78, 5) is 20.1. The molecule has 7 heteroatoms. The van der Waals surface area contributed by atoms with Gasteiger partial charge in [-0.2, -0.15) is 4.98 Å². The first-order chi connectivity index (χ1) is 9.92. The highest BCUT2D eigenvalue weighted by molar-refractivity contribution is 7.99. The highest BCUT2D eigenvalue weighted by Crippen LogP contribution is 2.36. The van der Waals surface area contributed by atoms with E-state index in [0.717, 1.165) is 16.0 Å². The van der Waals surface area contributed by atoms with Crippen molar-refractivity contribution in [2.45, 2.75) is 30.7 Å². The molecule has 110 valence electrons. The molecule has 1 aromatic carbocycles. The van der Waals surface area contributed by atoms with E-state index in [0.29, 0.717) is 16.7 Å². The second-order valence-electron chi connectivity index (χ2n) is 4.66. The van der Waals surface area contributed by atoms with Gasteiger partial charge in [-0.05, 0) is 32.4 Å². The minimum Gasteiger partial charge on any atom is -0.357 e. The number of rotatable bonds is 4. The van der Waals surface area contributed by atoms with Gasteiger partial charge in [-0.1, -0.05) is 29.5 Å². The Morgan fingerprint density at radius 3 is 2.52 bits per heavy atom. The van der Waals surface area contributed by atoms with Crippen LogP contribution in [0.4, 0.5) is 11.6 Å². The molecule has 1 heterocycles. The molecule has 0 saturated heterocycles. The lowest BCUT2D eigenvalue weighted by atomic mass is 10.2. The summed E-state index contributed by atoms with van der Waals surface area (Å²) in [5.74, 6) is 0.380. The molecular weight excluding hydrogens is 288 g/mol. The van der Waals surface area contributed by atoms with Gasteiger partial charge in [-0.25, -0.2) is 4.98 Å². The summed E-state index contributed by atoms with van der Waals surface area (Å²) in [7, 11) is 1.69. The van der Waals surface area contributed by atoms with E-state index in [1.165, 1.54) is 11.8 Å². The fourth-order valence-electron chi connectivity index (χ4n) is 1.95. The molecule has 0 spiro atoms. The molecular formula is C14H16N4O2S. The lowest BCUT2D eigenvalue weighted by molar-refractivity contribution is -0.389. The van der Waals surface area contributed by atoms with E-state index < -0.39 is 4.92 Å². The molecule has 1 N–H and O–H groups in total. The molecule has 1 aromatic heterocycles. The first kappa shape index (κ1) is 15.2. The van der Waals surface area contributed by atoms with Crippen LogP contribution in [0.25, 0.3) is 0 Å². The van der Waals surface area contributed by atoms with Gasteiger partial charge in [0.25, 0.3) is 0 Å². The van der Waals surface area contributed by atoms with Crippen molar-refractivity contribution in [1.82, 2.24) is 9.97 Å². The summed E-state index contributed by atoms with van der Waals surface area (Å²) >= 11 is 1.29. The van der Waals surface area contributed by atoms with Crippen molar-refractivity contribution >= 4 is 23.4 Å². The van der Waals surface area contributed by atoms with Gasteiger partial charge >= 0.3 is 5.69 Å². The van der Waals surface area contributed by atoms with Crippen LogP contribution in [-0.2, 0) is 0 Å². The number of hydrogen-bond acceptors (Lipinski definition) is 6. The summed E-state index contributed by atoms with van der Waals surface area (Å²) in [6, 6.07) is 5.98. The first-order valence-electron chi connectivity index (χ1n) is 6.38. The van der Waals surface area contributed by atoms with Crippen LogP contribution in [0.3, 0.4) is 0 Å². The van der Waals surface area contributed by atoms with Crippen LogP contribution in [0.1, 0.15) is 16.8 Å². The maximum Gasteiger partial charge on any atom is 0.322 e. The highest BCUT2D eigenvalue weighted by Gasteiger charge is 2.23. The molecule has 0 amide bonds. The van der Waals surface area contributed by atoms with Crippen molar-refractivity contribution in [1.29, 1.82) is 0 Å². The summed E-state index contributed by atoms with van der Waals surface area (Å²) in [6.07, 6.45) is 0. The molecule has 2 aromatic rings. The van der Waals surface area contributed by atoms with E-state index in [1.807, 2.05) is 32.0 Å². The van der Waals surface area contributed by atoms with Gasteiger partial charge in [0, 0.05) is 11.9 Å². The van der Waals surface area contributed by atoms with Crippen LogP contribution in [0.15, 0.2) is 28.1 Å². The highest BCUT2D eigenvalue weighted by atomic mass is 32.2. The molecule has 0 atom stereocenters. The summed E-state index contributed by atoms with van der Waals surface area (Å²) < 4.78 is 0. The third-order valence-corrected chi connectivity index (χ3v) is 4.13. The van der Waals surface area contributed by atoms with Gasteiger partial charge < -0.3 is 5.32 Å². The van der Waals surface area contributed by atoms with Crippen LogP contribution >= 0.6 is 11.8 Å². The summed E-state index contributed by atoms with van der Waals surface area (Å²) in [5, 5.41) is 14.4. The van der Waals surface area contributed by atoms with E-state index in [9.17, 15) is 10.1 Å². The lowest BCUT2D eigenvalue weighted by Gasteiger charge is -2.09. The lowest BCUT2D eigenvalue weighted by Crippen LogP contribution is -2.04. The number of hydrogen-bond donors (Lipinski definition) is 1. The fraction of sp³-hybridized carbons (Fsp3) is 0.286. The number of aryl methyl sites for hydroxylation is 3. The SMILES string of the molecule is CNc1nc(C)c([N+](=O)[O-])c(Sc2ccc(C)cc2C)n1. The third-order valence-electron chi connectivity index (χ3n) is 2.97. The van der Waals surface area contributed by atoms with E-state index in [-0.39, 0.29) is 5.69 Å². The number of nitro groups is 1. The maximum atomic E-state index is 11.3. The zero-order valence-electron chi connectivity index (χ0n) is 12.3. The van der Waals surface area contributed by atoms with Gasteiger partial charge in [-0.15, -0.1) is 0 Å². The fourth-order valence-corrected chi connectivity index (χ4v) is 2.97. The van der Waals surface area contributed by atoms with Gasteiger partial charge in [0.1, 0.15) is 5.69 Å². The molecule has 0 aliphatic rings. The largest absolute Gasteiger partial charge is 0.357 e. The molecule has 0 aliphatic heterocycles. The molecule has 0 bridgehead atoms. The number of nitrogens with zero attached hydrogens (tertiary/aromatic N) is 3. The first-order valence-corrected chi connectivity index (χ1v) is 7.20. The summed E-state index contributed by atoms with van der Waals surface area (Å²) in [6.45, 7) is 5.61. The molecule has 0 fully saturated rings. The Kier molecular flexibility index (Phi) is 4.42. The third kappa shape index (κ3) is 3.30. The Balaban J connectivity index is 2.51. The zero-order chi connectivity index (χ0) is 15.6. The van der Waals surface area contributed by atoms with Gasteiger partial charge in [0.15, 0.2) is 5.03 Å². The average molecular weight is 304 g/mol. The number of nitrogens with one attached hydrogen (secondary N) is 1. The Morgan fingerprint density at radius 2 is 1.95 bits per heavy atom. The van der Waals surface area contributed by atoms with E-state index in [4.69, 9.17) is 0 Å². The summed E-state index contributed by atoms with van der Waals surface area (Å²) in [5.41, 5.74) is 2.53. The van der Waals surface area contributed by atoms with Crippen molar-refractivity contribution in [3.8, 4) is 0 Å². The molecule has 21 heavy (non-hydrogen) atoms. The number of aromatic nitrogens is 2. The van der Waals surface area contributed by atoms with Gasteiger partial charge in [0.2, 0.25) is 5.95 Å². The zero-order valence-corrected chi connectivity index (χ0v) is 13.1. The Bertz CT molecular complexity index is 704. The topological polar surface area (TPSA) is 81.0 Å². The van der Waals surface area contributed by atoms with Crippen molar-refractivity contribution < 1.29 is 4.92 Å². The minimum atomic E-state index is -0.430. The Morgan fingerprint density at radius 1 is 1.24 bits per heavy atom. The van der Waals surface area contributed by atoms with Crippen molar-refractivity contribution in [2.24, 2.45) is 0 Å². The van der Waals surface area contributed by atoms with E-state index in [2.05, 4.69) is 15.3 Å². The molecule has 0 saturated carbocycles. The monoisotopic (exact) mass is 304 g/mol.